The third-order valence-electron chi connectivity index (χ3n) is 3.46. The molecule has 0 aliphatic rings. The van der Waals surface area contributed by atoms with E-state index >= 15 is 0 Å². The molecule has 1 N–H and O–H groups in total. The summed E-state index contributed by atoms with van der Waals surface area (Å²) in [5, 5.41) is 3.48. The van der Waals surface area contributed by atoms with Crippen molar-refractivity contribution in [1.82, 2.24) is 9.38 Å². The molecular formula is C16H16IN3. The summed E-state index contributed by atoms with van der Waals surface area (Å²) in [6.45, 7) is 4.96. The van der Waals surface area contributed by atoms with Gasteiger partial charge in [0.2, 0.25) is 0 Å². The van der Waals surface area contributed by atoms with Crippen LogP contribution in [0.2, 0.25) is 0 Å². The molecule has 102 valence electrons. The fourth-order valence-electron chi connectivity index (χ4n) is 2.27. The van der Waals surface area contributed by atoms with Crippen LogP contribution in [0.25, 0.3) is 5.65 Å². The summed E-state index contributed by atoms with van der Waals surface area (Å²) >= 11 is 2.37. The maximum atomic E-state index is 4.58. The molecule has 0 atom stereocenters. The van der Waals surface area contributed by atoms with Crippen molar-refractivity contribution in [3.63, 3.8) is 0 Å². The Labute approximate surface area is 132 Å². The molecule has 3 nitrogen and oxygen atoms in total. The van der Waals surface area contributed by atoms with Crippen LogP contribution in [0.3, 0.4) is 0 Å². The summed E-state index contributed by atoms with van der Waals surface area (Å²) in [5.41, 5.74) is 5.73. The topological polar surface area (TPSA) is 29.3 Å². The number of aromatic nitrogens is 2. The van der Waals surface area contributed by atoms with Crippen LogP contribution in [0, 0.1) is 17.4 Å². The molecule has 2 aromatic heterocycles. The van der Waals surface area contributed by atoms with Gasteiger partial charge in [-0.15, -0.1) is 0 Å². The van der Waals surface area contributed by atoms with Crippen LogP contribution < -0.4 is 5.32 Å². The average Bonchev–Trinajstić information content (AvgIpc) is 2.76. The quantitative estimate of drug-likeness (QED) is 0.695. The summed E-state index contributed by atoms with van der Waals surface area (Å²) in [6.07, 6.45) is 2.06. The first-order valence-electron chi connectivity index (χ1n) is 6.58. The van der Waals surface area contributed by atoms with Crippen LogP contribution in [0.5, 0.6) is 0 Å². The molecular weight excluding hydrogens is 361 g/mol. The van der Waals surface area contributed by atoms with Crippen LogP contribution in [0.4, 0.5) is 5.69 Å². The molecule has 0 radical (unpaired) electrons. The fourth-order valence-corrected chi connectivity index (χ4v) is 2.78. The zero-order valence-electron chi connectivity index (χ0n) is 11.5. The Bertz CT molecular complexity index is 762. The van der Waals surface area contributed by atoms with Gasteiger partial charge >= 0.3 is 0 Å². The van der Waals surface area contributed by atoms with Crippen LogP contribution in [0.1, 0.15) is 17.0 Å². The molecule has 0 unspecified atom stereocenters. The molecule has 0 aliphatic carbocycles. The molecule has 0 spiro atoms. The minimum absolute atomic E-state index is 0.774. The van der Waals surface area contributed by atoms with Crippen LogP contribution in [0.15, 0.2) is 42.6 Å². The lowest BCUT2D eigenvalue weighted by molar-refractivity contribution is 0.986. The number of halogens is 1. The molecule has 0 amide bonds. The number of anilines is 1. The number of rotatable bonds is 3. The Morgan fingerprint density at radius 1 is 1.20 bits per heavy atom. The minimum Gasteiger partial charge on any atom is -0.379 e. The SMILES string of the molecule is Cc1ccc(NCc2c(C)nc3ccccn23)cc1I. The lowest BCUT2D eigenvalue weighted by atomic mass is 10.2. The van der Waals surface area contributed by atoms with E-state index in [0.717, 1.165) is 23.6 Å². The molecule has 0 saturated heterocycles. The van der Waals surface area contributed by atoms with E-state index in [1.807, 2.05) is 18.2 Å². The standard InChI is InChI=1S/C16H16IN3/c1-11-6-7-13(9-14(11)17)18-10-15-12(2)19-16-5-3-4-8-20(15)16/h3-9,18H,10H2,1-2H3. The zero-order chi connectivity index (χ0) is 14.1. The van der Waals surface area contributed by atoms with Gasteiger partial charge in [0.25, 0.3) is 0 Å². The van der Waals surface area contributed by atoms with Gasteiger partial charge in [-0.1, -0.05) is 12.1 Å². The molecule has 0 saturated carbocycles. The van der Waals surface area contributed by atoms with Crippen molar-refractivity contribution in [1.29, 1.82) is 0 Å². The number of nitrogens with one attached hydrogen (secondary N) is 1. The molecule has 0 bridgehead atoms. The highest BCUT2D eigenvalue weighted by Gasteiger charge is 2.07. The number of hydrogen-bond acceptors (Lipinski definition) is 2. The molecule has 1 aromatic carbocycles. The van der Waals surface area contributed by atoms with Gasteiger partial charge in [0.05, 0.1) is 17.9 Å². The van der Waals surface area contributed by atoms with Gasteiger partial charge < -0.3 is 9.72 Å². The second kappa shape index (κ2) is 5.44. The largest absolute Gasteiger partial charge is 0.379 e. The van der Waals surface area contributed by atoms with Crippen molar-refractivity contribution in [3.05, 3.63) is 63.1 Å². The summed E-state index contributed by atoms with van der Waals surface area (Å²) in [7, 11) is 0. The lowest BCUT2D eigenvalue weighted by Gasteiger charge is -2.09. The molecule has 4 heteroatoms. The average molecular weight is 377 g/mol. The molecule has 2 heterocycles. The van der Waals surface area contributed by atoms with E-state index in [1.165, 1.54) is 14.8 Å². The van der Waals surface area contributed by atoms with Crippen molar-refractivity contribution in [2.45, 2.75) is 20.4 Å². The monoisotopic (exact) mass is 377 g/mol. The highest BCUT2D eigenvalue weighted by atomic mass is 127. The van der Waals surface area contributed by atoms with Crippen LogP contribution in [-0.2, 0) is 6.54 Å². The molecule has 0 aliphatic heterocycles. The van der Waals surface area contributed by atoms with Crippen LogP contribution in [-0.4, -0.2) is 9.38 Å². The van der Waals surface area contributed by atoms with Gasteiger partial charge in [0, 0.05) is 15.5 Å². The number of hydrogen-bond donors (Lipinski definition) is 1. The van der Waals surface area contributed by atoms with E-state index < -0.39 is 0 Å². The molecule has 3 rings (SSSR count). The number of benzene rings is 1. The molecule has 20 heavy (non-hydrogen) atoms. The maximum Gasteiger partial charge on any atom is 0.137 e. The Hall–Kier alpha value is -1.56. The lowest BCUT2D eigenvalue weighted by Crippen LogP contribution is -2.04. The number of nitrogens with zero attached hydrogens (tertiary/aromatic N) is 2. The predicted molar refractivity (Wildman–Crippen MR) is 91.2 cm³/mol. The maximum absolute atomic E-state index is 4.58. The van der Waals surface area contributed by atoms with E-state index in [9.17, 15) is 0 Å². The smallest absolute Gasteiger partial charge is 0.137 e. The first-order chi connectivity index (χ1) is 9.65. The highest BCUT2D eigenvalue weighted by Crippen LogP contribution is 2.19. The molecule has 0 fully saturated rings. The summed E-state index contributed by atoms with van der Waals surface area (Å²) in [4.78, 5) is 4.58. The number of fused-ring (bicyclic) bond motifs is 1. The third kappa shape index (κ3) is 2.52. The van der Waals surface area contributed by atoms with Crippen molar-refractivity contribution in [3.8, 4) is 0 Å². The number of imidazole rings is 1. The second-order valence-electron chi connectivity index (χ2n) is 4.89. The Balaban J connectivity index is 1.86. The van der Waals surface area contributed by atoms with Crippen LogP contribution >= 0.6 is 22.6 Å². The predicted octanol–water partition coefficient (Wildman–Crippen LogP) is 4.17. The van der Waals surface area contributed by atoms with Gasteiger partial charge in [-0.2, -0.15) is 0 Å². The van der Waals surface area contributed by atoms with Crippen molar-refractivity contribution >= 4 is 33.9 Å². The number of pyridine rings is 1. The van der Waals surface area contributed by atoms with Gasteiger partial charge in [-0.25, -0.2) is 4.98 Å². The number of aryl methyl sites for hydroxylation is 2. The first-order valence-corrected chi connectivity index (χ1v) is 7.65. The van der Waals surface area contributed by atoms with E-state index in [0.29, 0.717) is 0 Å². The normalized spacial score (nSPS) is 10.9. The van der Waals surface area contributed by atoms with Gasteiger partial charge in [0.15, 0.2) is 0 Å². The van der Waals surface area contributed by atoms with Crippen molar-refractivity contribution in [2.24, 2.45) is 0 Å². The Kier molecular flexibility index (Phi) is 3.65. The Morgan fingerprint density at radius 3 is 2.85 bits per heavy atom. The minimum atomic E-state index is 0.774. The summed E-state index contributed by atoms with van der Waals surface area (Å²) in [6, 6.07) is 12.5. The molecule has 3 aromatic rings. The van der Waals surface area contributed by atoms with E-state index in [2.05, 4.69) is 75.5 Å². The highest BCUT2D eigenvalue weighted by molar-refractivity contribution is 14.1. The summed E-state index contributed by atoms with van der Waals surface area (Å²) < 4.78 is 3.42. The van der Waals surface area contributed by atoms with E-state index in [1.54, 1.807) is 0 Å². The van der Waals surface area contributed by atoms with E-state index in [-0.39, 0.29) is 0 Å². The summed E-state index contributed by atoms with van der Waals surface area (Å²) in [5.74, 6) is 0. The fraction of sp³-hybridized carbons (Fsp3) is 0.188. The van der Waals surface area contributed by atoms with Gasteiger partial charge in [-0.05, 0) is 66.3 Å². The first kappa shape index (κ1) is 13.4. The Morgan fingerprint density at radius 2 is 2.05 bits per heavy atom. The zero-order valence-corrected chi connectivity index (χ0v) is 13.7. The van der Waals surface area contributed by atoms with Crippen molar-refractivity contribution < 1.29 is 0 Å². The third-order valence-corrected chi connectivity index (χ3v) is 4.62. The van der Waals surface area contributed by atoms with E-state index in [4.69, 9.17) is 0 Å². The van der Waals surface area contributed by atoms with Gasteiger partial charge in [-0.3, -0.25) is 0 Å². The van der Waals surface area contributed by atoms with Crippen molar-refractivity contribution in [2.75, 3.05) is 5.32 Å². The second-order valence-corrected chi connectivity index (χ2v) is 6.05. The van der Waals surface area contributed by atoms with Gasteiger partial charge in [0.1, 0.15) is 5.65 Å².